The number of alkyl carbamates (subject to hydrolysis) is 1. The van der Waals surface area contributed by atoms with E-state index in [0.29, 0.717) is 19.6 Å². The molecule has 0 aromatic heterocycles. The van der Waals surface area contributed by atoms with Crippen molar-refractivity contribution in [1.29, 1.82) is 0 Å². The molecule has 2 rings (SSSR count). The lowest BCUT2D eigenvalue weighted by Crippen LogP contribution is -2.35. The number of carbonyl (C=O) groups is 2. The van der Waals surface area contributed by atoms with Crippen LogP contribution in [0.3, 0.4) is 0 Å². The van der Waals surface area contributed by atoms with Crippen LogP contribution in [0.25, 0.3) is 0 Å². The van der Waals surface area contributed by atoms with Crippen LogP contribution in [0.4, 0.5) is 4.79 Å². The average Bonchev–Trinajstić information content (AvgIpc) is 2.95. The number of hydrogen-bond acceptors (Lipinski definition) is 4. The lowest BCUT2D eigenvalue weighted by Gasteiger charge is -2.16. The van der Waals surface area contributed by atoms with Crippen molar-refractivity contribution in [3.63, 3.8) is 0 Å². The maximum Gasteiger partial charge on any atom is 0.407 e. The summed E-state index contributed by atoms with van der Waals surface area (Å²) < 4.78 is 4.84. The standard InChI is InChI=1S/C17H22N2O4/c1-2-8-23-17(22)18-9-14-11-19(12-15(14)16(20)21)10-13-6-4-3-5-7-13/h2-7,14-15H,1,8-12H2,(H,18,22)(H,20,21)/t14-,15-/m1/s1. The smallest absolute Gasteiger partial charge is 0.407 e. The molecule has 1 aliphatic heterocycles. The Kier molecular flexibility index (Phi) is 6.17. The zero-order valence-electron chi connectivity index (χ0n) is 13.0. The van der Waals surface area contributed by atoms with Crippen molar-refractivity contribution in [2.24, 2.45) is 11.8 Å². The van der Waals surface area contributed by atoms with Crippen molar-refractivity contribution in [2.45, 2.75) is 6.54 Å². The summed E-state index contributed by atoms with van der Waals surface area (Å²) in [6.45, 7) is 5.72. The van der Waals surface area contributed by atoms with Crippen molar-refractivity contribution in [3.8, 4) is 0 Å². The topological polar surface area (TPSA) is 78.9 Å². The van der Waals surface area contributed by atoms with Crippen molar-refractivity contribution in [3.05, 3.63) is 48.6 Å². The number of carboxylic acid groups (broad SMARTS) is 1. The Morgan fingerprint density at radius 1 is 1.35 bits per heavy atom. The van der Waals surface area contributed by atoms with Crippen LogP contribution in [0.15, 0.2) is 43.0 Å². The fourth-order valence-electron chi connectivity index (χ4n) is 2.82. The molecule has 2 N–H and O–H groups in total. The molecule has 1 amide bonds. The number of aliphatic carboxylic acids is 1. The van der Waals surface area contributed by atoms with Crippen LogP contribution in [-0.4, -0.2) is 48.3 Å². The molecule has 1 aliphatic rings. The molecule has 0 bridgehead atoms. The summed E-state index contributed by atoms with van der Waals surface area (Å²) in [5.41, 5.74) is 1.15. The summed E-state index contributed by atoms with van der Waals surface area (Å²) in [4.78, 5) is 25.0. The zero-order valence-corrected chi connectivity index (χ0v) is 13.0. The summed E-state index contributed by atoms with van der Waals surface area (Å²) in [7, 11) is 0. The summed E-state index contributed by atoms with van der Waals surface area (Å²) in [5.74, 6) is -1.45. The van der Waals surface area contributed by atoms with E-state index in [1.165, 1.54) is 6.08 Å². The molecule has 1 aromatic carbocycles. The van der Waals surface area contributed by atoms with E-state index in [9.17, 15) is 14.7 Å². The van der Waals surface area contributed by atoms with Crippen LogP contribution in [0.5, 0.6) is 0 Å². The predicted molar refractivity (Wildman–Crippen MR) is 85.9 cm³/mol. The quantitative estimate of drug-likeness (QED) is 0.749. The molecule has 0 radical (unpaired) electrons. The van der Waals surface area contributed by atoms with Crippen LogP contribution in [0.1, 0.15) is 5.56 Å². The van der Waals surface area contributed by atoms with E-state index in [1.54, 1.807) is 0 Å². The molecule has 124 valence electrons. The van der Waals surface area contributed by atoms with Gasteiger partial charge in [-0.1, -0.05) is 43.0 Å². The molecule has 1 fully saturated rings. The maximum absolute atomic E-state index is 11.5. The second-order valence-electron chi connectivity index (χ2n) is 5.65. The Bertz CT molecular complexity index is 547. The van der Waals surface area contributed by atoms with Gasteiger partial charge in [-0.3, -0.25) is 9.69 Å². The largest absolute Gasteiger partial charge is 0.481 e. The molecule has 1 heterocycles. The number of benzene rings is 1. The minimum absolute atomic E-state index is 0.132. The highest BCUT2D eigenvalue weighted by Gasteiger charge is 2.37. The number of nitrogens with one attached hydrogen (secondary N) is 1. The van der Waals surface area contributed by atoms with Crippen LogP contribution in [-0.2, 0) is 16.1 Å². The number of carbonyl (C=O) groups excluding carboxylic acids is 1. The SMILES string of the molecule is C=CCOC(=O)NC[C@@H]1CN(Cc2ccccc2)C[C@H]1C(=O)O. The third kappa shape index (κ3) is 5.10. The monoisotopic (exact) mass is 318 g/mol. The lowest BCUT2D eigenvalue weighted by atomic mass is 9.96. The van der Waals surface area contributed by atoms with E-state index >= 15 is 0 Å². The van der Waals surface area contributed by atoms with Gasteiger partial charge in [0.25, 0.3) is 0 Å². The molecule has 6 nitrogen and oxygen atoms in total. The van der Waals surface area contributed by atoms with E-state index in [0.717, 1.165) is 5.56 Å². The highest BCUT2D eigenvalue weighted by Crippen LogP contribution is 2.24. The predicted octanol–water partition coefficient (Wildman–Crippen LogP) is 1.73. The van der Waals surface area contributed by atoms with Gasteiger partial charge in [0.1, 0.15) is 6.61 Å². The van der Waals surface area contributed by atoms with Gasteiger partial charge in [0.2, 0.25) is 0 Å². The second kappa shape index (κ2) is 8.33. The Morgan fingerprint density at radius 2 is 2.09 bits per heavy atom. The number of hydrogen-bond donors (Lipinski definition) is 2. The molecule has 0 unspecified atom stereocenters. The number of nitrogens with zero attached hydrogens (tertiary/aromatic N) is 1. The highest BCUT2D eigenvalue weighted by molar-refractivity contribution is 5.71. The van der Waals surface area contributed by atoms with Gasteiger partial charge >= 0.3 is 12.1 Å². The Balaban J connectivity index is 1.89. The number of likely N-dealkylation sites (tertiary alicyclic amines) is 1. The molecule has 23 heavy (non-hydrogen) atoms. The third-order valence-corrected chi connectivity index (χ3v) is 3.92. The van der Waals surface area contributed by atoms with Gasteiger partial charge in [-0.05, 0) is 5.56 Å². The van der Waals surface area contributed by atoms with E-state index in [2.05, 4.69) is 16.8 Å². The van der Waals surface area contributed by atoms with Gasteiger partial charge in [-0.15, -0.1) is 0 Å². The molecule has 0 aliphatic carbocycles. The third-order valence-electron chi connectivity index (χ3n) is 3.92. The molecule has 1 aromatic rings. The van der Waals surface area contributed by atoms with Crippen LogP contribution < -0.4 is 5.32 Å². The van der Waals surface area contributed by atoms with Crippen LogP contribution in [0.2, 0.25) is 0 Å². The lowest BCUT2D eigenvalue weighted by molar-refractivity contribution is -0.142. The fourth-order valence-corrected chi connectivity index (χ4v) is 2.82. The second-order valence-corrected chi connectivity index (χ2v) is 5.65. The van der Waals surface area contributed by atoms with Crippen LogP contribution in [0, 0.1) is 11.8 Å². The Hall–Kier alpha value is -2.34. The minimum Gasteiger partial charge on any atom is -0.481 e. The van der Waals surface area contributed by atoms with Gasteiger partial charge < -0.3 is 15.2 Å². The number of amides is 1. The normalized spacial score (nSPS) is 20.9. The van der Waals surface area contributed by atoms with Gasteiger partial charge in [0.15, 0.2) is 0 Å². The summed E-state index contributed by atoms with van der Waals surface area (Å²) >= 11 is 0. The maximum atomic E-state index is 11.5. The first-order chi connectivity index (χ1) is 11.1. The van der Waals surface area contributed by atoms with Gasteiger partial charge in [0, 0.05) is 32.1 Å². The molecule has 1 saturated heterocycles. The van der Waals surface area contributed by atoms with E-state index in [1.807, 2.05) is 30.3 Å². The molecule has 2 atom stereocenters. The Labute approximate surface area is 135 Å². The zero-order chi connectivity index (χ0) is 16.7. The average molecular weight is 318 g/mol. The number of rotatable bonds is 7. The Morgan fingerprint density at radius 3 is 2.74 bits per heavy atom. The van der Waals surface area contributed by atoms with Gasteiger partial charge in [0.05, 0.1) is 5.92 Å². The first-order valence-corrected chi connectivity index (χ1v) is 7.60. The van der Waals surface area contributed by atoms with Gasteiger partial charge in [-0.2, -0.15) is 0 Å². The van der Waals surface area contributed by atoms with E-state index < -0.39 is 18.0 Å². The molecule has 0 spiro atoms. The van der Waals surface area contributed by atoms with E-state index in [4.69, 9.17) is 4.74 Å². The molecule has 6 heteroatoms. The molecular formula is C17H22N2O4. The summed E-state index contributed by atoms with van der Waals surface area (Å²) in [6.07, 6.45) is 0.937. The number of ether oxygens (including phenoxy) is 1. The first kappa shape index (κ1) is 17.0. The highest BCUT2D eigenvalue weighted by atomic mass is 16.5. The van der Waals surface area contributed by atoms with Crippen LogP contribution >= 0.6 is 0 Å². The molecular weight excluding hydrogens is 296 g/mol. The summed E-state index contributed by atoms with van der Waals surface area (Å²) in [6, 6.07) is 9.93. The first-order valence-electron chi connectivity index (χ1n) is 7.60. The van der Waals surface area contributed by atoms with Crippen molar-refractivity contribution < 1.29 is 19.4 Å². The number of carboxylic acids is 1. The fraction of sp³-hybridized carbons (Fsp3) is 0.412. The molecule has 0 saturated carbocycles. The summed E-state index contributed by atoms with van der Waals surface area (Å²) in [5, 5.41) is 12.0. The van der Waals surface area contributed by atoms with Crippen molar-refractivity contribution in [1.82, 2.24) is 10.2 Å². The van der Waals surface area contributed by atoms with E-state index in [-0.39, 0.29) is 19.1 Å². The van der Waals surface area contributed by atoms with Crippen molar-refractivity contribution in [2.75, 3.05) is 26.2 Å². The van der Waals surface area contributed by atoms with Crippen molar-refractivity contribution >= 4 is 12.1 Å². The van der Waals surface area contributed by atoms with Gasteiger partial charge in [-0.25, -0.2) is 4.79 Å². The minimum atomic E-state index is -0.827.